The molecule has 1 aromatic carbocycles. The van der Waals surface area contributed by atoms with Gasteiger partial charge in [-0.2, -0.15) is 0 Å². The van der Waals surface area contributed by atoms with E-state index in [-0.39, 0.29) is 11.5 Å². The number of amides is 1. The number of piperazine rings is 1. The van der Waals surface area contributed by atoms with Crippen LogP contribution in [-0.4, -0.2) is 57.2 Å². The molecule has 184 valence electrons. The first-order valence-electron chi connectivity index (χ1n) is 11.5. The van der Waals surface area contributed by atoms with E-state index in [1.165, 1.54) is 21.1 Å². The molecule has 7 nitrogen and oxygen atoms in total. The molecule has 2 fully saturated rings. The first-order valence-corrected chi connectivity index (χ1v) is 13.1. The lowest BCUT2D eigenvalue weighted by atomic mass is 10.2. The third kappa shape index (κ3) is 4.54. The topological polar surface area (TPSA) is 61.2 Å². The van der Waals surface area contributed by atoms with Crippen LogP contribution in [0.15, 0.2) is 64.9 Å². The lowest BCUT2D eigenvalue weighted by molar-refractivity contribution is -0.121. The minimum Gasteiger partial charge on any atom is -0.368 e. The largest absolute Gasteiger partial charge is 0.368 e. The first kappa shape index (κ1) is 24.5. The van der Waals surface area contributed by atoms with E-state index >= 15 is 0 Å². The van der Waals surface area contributed by atoms with Crippen LogP contribution in [0.1, 0.15) is 11.1 Å². The van der Waals surface area contributed by atoms with E-state index in [4.69, 9.17) is 28.8 Å². The fourth-order valence-corrected chi connectivity index (χ4v) is 5.88. The van der Waals surface area contributed by atoms with Gasteiger partial charge in [0, 0.05) is 49.6 Å². The Morgan fingerprint density at radius 3 is 2.61 bits per heavy atom. The summed E-state index contributed by atoms with van der Waals surface area (Å²) in [6.45, 7) is 8.79. The number of fused-ring (bicyclic) bond motifs is 1. The Hall–Kier alpha value is -3.14. The molecule has 2 saturated heterocycles. The molecule has 0 unspecified atom stereocenters. The van der Waals surface area contributed by atoms with E-state index in [1.54, 1.807) is 18.3 Å². The molecule has 2 aliphatic heterocycles. The number of aryl methyl sites for hydroxylation is 1. The monoisotopic (exact) mass is 537 g/mol. The molecule has 2 aromatic heterocycles. The van der Waals surface area contributed by atoms with Crippen molar-refractivity contribution in [3.05, 3.63) is 86.7 Å². The molecule has 0 bridgehead atoms. The minimum atomic E-state index is -0.227. The van der Waals surface area contributed by atoms with E-state index < -0.39 is 0 Å². The van der Waals surface area contributed by atoms with Crippen LogP contribution in [0.5, 0.6) is 0 Å². The smallest absolute Gasteiger partial charge is 0.267 e. The van der Waals surface area contributed by atoms with Crippen molar-refractivity contribution in [2.75, 3.05) is 42.5 Å². The number of rotatable bonds is 5. The Morgan fingerprint density at radius 2 is 1.89 bits per heavy atom. The van der Waals surface area contributed by atoms with Crippen LogP contribution < -0.4 is 15.4 Å². The van der Waals surface area contributed by atoms with Crippen LogP contribution in [-0.2, 0) is 4.79 Å². The van der Waals surface area contributed by atoms with Gasteiger partial charge in [0.25, 0.3) is 11.5 Å². The summed E-state index contributed by atoms with van der Waals surface area (Å²) in [4.78, 5) is 37.9. The Bertz CT molecular complexity index is 1480. The molecule has 0 spiro atoms. The third-order valence-corrected chi connectivity index (χ3v) is 7.89. The summed E-state index contributed by atoms with van der Waals surface area (Å²) in [7, 11) is 0. The summed E-state index contributed by atoms with van der Waals surface area (Å²) in [5, 5.41) is 0.700. The Kier molecular flexibility index (Phi) is 6.87. The van der Waals surface area contributed by atoms with E-state index in [1.807, 2.05) is 43.3 Å². The van der Waals surface area contributed by atoms with Crippen molar-refractivity contribution in [3.8, 4) is 0 Å². The molecular weight excluding hydrogens is 514 g/mol. The van der Waals surface area contributed by atoms with Gasteiger partial charge in [-0.3, -0.25) is 18.9 Å². The molecule has 2 aliphatic rings. The van der Waals surface area contributed by atoms with E-state index in [0.717, 1.165) is 24.3 Å². The molecule has 0 radical (unpaired) electrons. The van der Waals surface area contributed by atoms with E-state index in [2.05, 4.69) is 16.4 Å². The lowest BCUT2D eigenvalue weighted by Gasteiger charge is -2.37. The number of pyridine rings is 1. The van der Waals surface area contributed by atoms with Crippen molar-refractivity contribution in [1.29, 1.82) is 0 Å². The Balaban J connectivity index is 1.55. The van der Waals surface area contributed by atoms with Crippen LogP contribution in [0, 0.1) is 6.92 Å². The van der Waals surface area contributed by atoms with Crippen molar-refractivity contribution in [2.45, 2.75) is 6.92 Å². The van der Waals surface area contributed by atoms with Gasteiger partial charge in [0.15, 0.2) is 0 Å². The summed E-state index contributed by atoms with van der Waals surface area (Å²) >= 11 is 12.8. The van der Waals surface area contributed by atoms with E-state index in [9.17, 15) is 9.59 Å². The van der Waals surface area contributed by atoms with Gasteiger partial charge >= 0.3 is 0 Å². The predicted molar refractivity (Wildman–Crippen MR) is 152 cm³/mol. The van der Waals surface area contributed by atoms with Crippen molar-refractivity contribution in [2.24, 2.45) is 0 Å². The highest BCUT2D eigenvalue weighted by Gasteiger charge is 2.32. The second-order valence-corrected chi connectivity index (χ2v) is 10.7. The van der Waals surface area contributed by atoms with Gasteiger partial charge in [-0.25, -0.2) is 4.98 Å². The first-order chi connectivity index (χ1) is 17.4. The van der Waals surface area contributed by atoms with Crippen LogP contribution in [0.3, 0.4) is 0 Å². The zero-order chi connectivity index (χ0) is 25.4. The van der Waals surface area contributed by atoms with Gasteiger partial charge in [-0.05, 0) is 42.8 Å². The summed E-state index contributed by atoms with van der Waals surface area (Å²) in [5.41, 5.74) is 2.73. The van der Waals surface area contributed by atoms with Crippen molar-refractivity contribution in [1.82, 2.24) is 14.3 Å². The SMILES string of the molecule is C=CCN1C(=O)/C(=C/c2c(N3CCN(c4cccc(Cl)c4)CC3)nc3c(C)cccn3c2=O)SC1=S. The summed E-state index contributed by atoms with van der Waals surface area (Å²) in [6, 6.07) is 11.6. The Labute approximate surface area is 223 Å². The molecule has 3 aromatic rings. The number of carbonyl (C=O) groups is 1. The normalized spacial score (nSPS) is 17.5. The van der Waals surface area contributed by atoms with Gasteiger partial charge < -0.3 is 9.80 Å². The standard InChI is InChI=1S/C26H24ClN5O2S2/c1-3-9-32-25(34)21(36-26(32)35)16-20-23(28-22-17(2)6-5-10-31(22)24(20)33)30-13-11-29(12-14-30)19-8-4-7-18(27)15-19/h3-8,10,15-16H,1,9,11-14H2,2H3/b21-16-. The summed E-state index contributed by atoms with van der Waals surface area (Å²) < 4.78 is 1.99. The van der Waals surface area contributed by atoms with Crippen LogP contribution in [0.4, 0.5) is 11.5 Å². The second kappa shape index (κ2) is 10.1. The average Bonchev–Trinajstić information content (AvgIpc) is 3.14. The number of halogens is 1. The molecule has 10 heteroatoms. The summed E-state index contributed by atoms with van der Waals surface area (Å²) in [6.07, 6.45) is 4.98. The predicted octanol–water partition coefficient (Wildman–Crippen LogP) is 4.37. The number of carbonyl (C=O) groups excluding carboxylic acids is 1. The molecule has 0 aliphatic carbocycles. The quantitative estimate of drug-likeness (QED) is 0.272. The molecule has 4 heterocycles. The maximum Gasteiger partial charge on any atom is 0.267 e. The molecular formula is C26H24ClN5O2S2. The van der Waals surface area contributed by atoms with Gasteiger partial charge in [0.2, 0.25) is 0 Å². The van der Waals surface area contributed by atoms with Gasteiger partial charge in [0.05, 0.1) is 10.5 Å². The van der Waals surface area contributed by atoms with Crippen molar-refractivity contribution >= 4 is 69.0 Å². The van der Waals surface area contributed by atoms with Crippen LogP contribution in [0.25, 0.3) is 11.7 Å². The number of benzene rings is 1. The third-order valence-electron chi connectivity index (χ3n) is 6.28. The number of anilines is 2. The minimum absolute atomic E-state index is 0.218. The molecule has 1 amide bonds. The number of thioether (sulfide) groups is 1. The number of hydrogen-bond acceptors (Lipinski definition) is 7. The molecule has 0 atom stereocenters. The van der Waals surface area contributed by atoms with Gasteiger partial charge in [0.1, 0.15) is 15.8 Å². The number of hydrogen-bond donors (Lipinski definition) is 0. The fraction of sp³-hybridized carbons (Fsp3) is 0.231. The van der Waals surface area contributed by atoms with Crippen molar-refractivity contribution < 1.29 is 4.79 Å². The Morgan fingerprint density at radius 1 is 1.14 bits per heavy atom. The fourth-order valence-electron chi connectivity index (χ4n) is 4.43. The highest BCUT2D eigenvalue weighted by Crippen LogP contribution is 2.34. The van der Waals surface area contributed by atoms with Gasteiger partial charge in [-0.15, -0.1) is 6.58 Å². The zero-order valence-electron chi connectivity index (χ0n) is 19.7. The zero-order valence-corrected chi connectivity index (χ0v) is 22.1. The second-order valence-electron chi connectivity index (χ2n) is 8.57. The number of thiocarbonyl (C=S) groups is 1. The molecule has 0 saturated carbocycles. The molecule has 5 rings (SSSR count). The number of aromatic nitrogens is 2. The summed E-state index contributed by atoms with van der Waals surface area (Å²) in [5.74, 6) is 0.351. The maximum absolute atomic E-state index is 13.7. The molecule has 36 heavy (non-hydrogen) atoms. The highest BCUT2D eigenvalue weighted by atomic mass is 35.5. The average molecular weight is 538 g/mol. The van der Waals surface area contributed by atoms with Crippen molar-refractivity contribution in [3.63, 3.8) is 0 Å². The highest BCUT2D eigenvalue weighted by molar-refractivity contribution is 8.26. The van der Waals surface area contributed by atoms with E-state index in [0.29, 0.717) is 50.9 Å². The maximum atomic E-state index is 13.7. The number of nitrogens with zero attached hydrogens (tertiary/aromatic N) is 5. The molecule has 0 N–H and O–H groups in total. The van der Waals surface area contributed by atoms with Crippen LogP contribution in [0.2, 0.25) is 5.02 Å². The van der Waals surface area contributed by atoms with Gasteiger partial charge in [-0.1, -0.05) is 53.8 Å². The van der Waals surface area contributed by atoms with Crippen LogP contribution >= 0.6 is 35.6 Å². The lowest BCUT2D eigenvalue weighted by Crippen LogP contribution is -2.47.